The van der Waals surface area contributed by atoms with Gasteiger partial charge in [0.05, 0.1) is 12.3 Å². The maximum atomic E-state index is 11.5. The number of hydrogen-bond acceptors (Lipinski definition) is 5. The van der Waals surface area contributed by atoms with Gasteiger partial charge in [-0.15, -0.1) is 0 Å². The van der Waals surface area contributed by atoms with Crippen LogP contribution < -0.4 is 11.1 Å². The Balaban J connectivity index is 2.49. The third-order valence-electron chi connectivity index (χ3n) is 1.96. The zero-order valence-corrected chi connectivity index (χ0v) is 10.1. The largest absolute Gasteiger partial charge is 0.455 e. The molecular weight excluding hydrogens is 244 g/mol. The maximum Gasteiger partial charge on any atom is 0.287 e. The molecule has 0 aromatic carbocycles. The number of nitrogens with two attached hydrogens (primary N) is 1. The molecule has 0 aliphatic carbocycles. The highest BCUT2D eigenvalue weighted by atomic mass is 32.2. The van der Waals surface area contributed by atoms with E-state index >= 15 is 0 Å². The quantitative estimate of drug-likeness (QED) is 0.650. The molecule has 1 aromatic heterocycles. The topological polar surface area (TPSA) is 106 Å². The van der Waals surface area contributed by atoms with Gasteiger partial charge in [-0.05, 0) is 18.4 Å². The molecule has 1 atom stereocenters. The number of nitrogens with one attached hydrogen (secondary N) is 1. The lowest BCUT2D eigenvalue weighted by atomic mass is 10.3. The molecule has 7 heteroatoms. The van der Waals surface area contributed by atoms with Crippen molar-refractivity contribution in [2.24, 2.45) is 5.73 Å². The van der Waals surface area contributed by atoms with Gasteiger partial charge in [0, 0.05) is 0 Å². The van der Waals surface area contributed by atoms with Crippen molar-refractivity contribution >= 4 is 23.6 Å². The molecule has 1 unspecified atom stereocenters. The highest BCUT2D eigenvalue weighted by Crippen LogP contribution is 2.13. The van der Waals surface area contributed by atoms with E-state index in [0.717, 1.165) is 0 Å². The van der Waals surface area contributed by atoms with E-state index < -0.39 is 17.9 Å². The monoisotopic (exact) mass is 258 g/mol. The van der Waals surface area contributed by atoms with Gasteiger partial charge in [0.2, 0.25) is 5.91 Å². The van der Waals surface area contributed by atoms with E-state index in [1.165, 1.54) is 6.07 Å². The summed E-state index contributed by atoms with van der Waals surface area (Å²) in [5.74, 6) is 0.145. The fraction of sp³-hybridized carbons (Fsp3) is 0.400. The smallest absolute Gasteiger partial charge is 0.287 e. The zero-order chi connectivity index (χ0) is 12.8. The molecule has 0 aliphatic rings. The van der Waals surface area contributed by atoms with Crippen molar-refractivity contribution in [3.05, 3.63) is 23.7 Å². The van der Waals surface area contributed by atoms with Crippen LogP contribution in [0.25, 0.3) is 0 Å². The number of amides is 2. The van der Waals surface area contributed by atoms with E-state index in [1.54, 1.807) is 17.8 Å². The van der Waals surface area contributed by atoms with Crippen molar-refractivity contribution in [3.8, 4) is 0 Å². The van der Waals surface area contributed by atoms with Crippen LogP contribution in [0.5, 0.6) is 0 Å². The highest BCUT2D eigenvalue weighted by Gasteiger charge is 2.15. The summed E-state index contributed by atoms with van der Waals surface area (Å²) in [7, 11) is 0. The second kappa shape index (κ2) is 6.31. The number of primary amides is 1. The lowest BCUT2D eigenvalue weighted by Crippen LogP contribution is -2.39. The predicted octanol–water partition coefficient (Wildman–Crippen LogP) is -0.281. The molecule has 0 bridgehead atoms. The Morgan fingerprint density at radius 2 is 2.29 bits per heavy atom. The summed E-state index contributed by atoms with van der Waals surface area (Å²) < 4.78 is 5.25. The molecule has 0 fully saturated rings. The van der Waals surface area contributed by atoms with E-state index in [2.05, 4.69) is 5.32 Å². The van der Waals surface area contributed by atoms with Crippen LogP contribution in [0.15, 0.2) is 16.5 Å². The molecule has 1 aromatic rings. The second-order valence-electron chi connectivity index (χ2n) is 3.33. The number of furan rings is 1. The van der Waals surface area contributed by atoms with Gasteiger partial charge in [0.1, 0.15) is 11.9 Å². The predicted molar refractivity (Wildman–Crippen MR) is 63.5 cm³/mol. The maximum absolute atomic E-state index is 11.5. The molecule has 4 N–H and O–H groups in total. The Hall–Kier alpha value is -1.47. The number of thioether (sulfide) groups is 1. The summed E-state index contributed by atoms with van der Waals surface area (Å²) in [4.78, 5) is 22.0. The summed E-state index contributed by atoms with van der Waals surface area (Å²) in [6, 6.07) is 3.24. The SMILES string of the molecule is CSCc1ccc(C(=O)NCC(O)C(N)=O)o1. The van der Waals surface area contributed by atoms with Crippen LogP contribution in [-0.2, 0) is 10.5 Å². The lowest BCUT2D eigenvalue weighted by molar-refractivity contribution is -0.125. The molecule has 0 radical (unpaired) electrons. The fourth-order valence-corrected chi connectivity index (χ4v) is 1.54. The van der Waals surface area contributed by atoms with Crippen molar-refractivity contribution in [2.75, 3.05) is 12.8 Å². The molecular formula is C10H14N2O4S. The Bertz CT molecular complexity index is 405. The van der Waals surface area contributed by atoms with E-state index in [4.69, 9.17) is 15.3 Å². The summed E-state index contributed by atoms with van der Waals surface area (Å²) in [6.07, 6.45) is 0.533. The van der Waals surface area contributed by atoms with Crippen molar-refractivity contribution in [1.82, 2.24) is 5.32 Å². The molecule has 2 amide bonds. The average molecular weight is 258 g/mol. The Morgan fingerprint density at radius 1 is 1.59 bits per heavy atom. The van der Waals surface area contributed by atoms with Crippen LogP contribution in [0.3, 0.4) is 0 Å². The first kappa shape index (κ1) is 13.6. The van der Waals surface area contributed by atoms with Crippen LogP contribution >= 0.6 is 11.8 Å². The molecule has 1 heterocycles. The van der Waals surface area contributed by atoms with Crippen LogP contribution in [0.4, 0.5) is 0 Å². The van der Waals surface area contributed by atoms with Gasteiger partial charge in [-0.1, -0.05) is 0 Å². The minimum Gasteiger partial charge on any atom is -0.455 e. The average Bonchev–Trinajstić information content (AvgIpc) is 2.74. The standard InChI is InChI=1S/C10H14N2O4S/c1-17-5-6-2-3-8(16-6)10(15)12-4-7(13)9(11)14/h2-3,7,13H,4-5H2,1H3,(H2,11,14)(H,12,15). The normalized spacial score (nSPS) is 12.1. The number of carbonyl (C=O) groups is 2. The highest BCUT2D eigenvalue weighted by molar-refractivity contribution is 7.97. The third kappa shape index (κ3) is 4.12. The van der Waals surface area contributed by atoms with Gasteiger partial charge in [-0.3, -0.25) is 9.59 Å². The van der Waals surface area contributed by atoms with Crippen LogP contribution in [0.2, 0.25) is 0 Å². The molecule has 0 aliphatic heterocycles. The van der Waals surface area contributed by atoms with Crippen LogP contribution in [-0.4, -0.2) is 35.8 Å². The first-order valence-electron chi connectivity index (χ1n) is 4.88. The fourth-order valence-electron chi connectivity index (χ4n) is 1.10. The van der Waals surface area contributed by atoms with Crippen molar-refractivity contribution in [2.45, 2.75) is 11.9 Å². The molecule has 0 spiro atoms. The first-order valence-corrected chi connectivity index (χ1v) is 6.27. The van der Waals surface area contributed by atoms with Gasteiger partial charge >= 0.3 is 0 Å². The summed E-state index contributed by atoms with van der Waals surface area (Å²) in [6.45, 7) is -0.229. The van der Waals surface area contributed by atoms with Gasteiger partial charge in [-0.25, -0.2) is 0 Å². The second-order valence-corrected chi connectivity index (χ2v) is 4.19. The van der Waals surface area contributed by atoms with Crippen LogP contribution in [0, 0.1) is 0 Å². The number of aliphatic hydroxyl groups is 1. The van der Waals surface area contributed by atoms with Gasteiger partial charge in [-0.2, -0.15) is 11.8 Å². The minimum atomic E-state index is -1.39. The molecule has 0 saturated carbocycles. The summed E-state index contributed by atoms with van der Waals surface area (Å²) >= 11 is 1.58. The number of aliphatic hydroxyl groups excluding tert-OH is 1. The lowest BCUT2D eigenvalue weighted by Gasteiger charge is -2.06. The van der Waals surface area contributed by atoms with Crippen molar-refractivity contribution in [1.29, 1.82) is 0 Å². The summed E-state index contributed by atoms with van der Waals surface area (Å²) in [5, 5.41) is 11.4. The van der Waals surface area contributed by atoms with E-state index in [1.807, 2.05) is 6.26 Å². The van der Waals surface area contributed by atoms with E-state index in [0.29, 0.717) is 11.5 Å². The number of rotatable bonds is 6. The van der Waals surface area contributed by atoms with E-state index in [9.17, 15) is 9.59 Å². The minimum absolute atomic E-state index is 0.144. The Kier molecular flexibility index (Phi) is 5.05. The summed E-state index contributed by atoms with van der Waals surface area (Å²) in [5.41, 5.74) is 4.84. The van der Waals surface area contributed by atoms with Crippen molar-refractivity contribution < 1.29 is 19.1 Å². The Morgan fingerprint density at radius 3 is 2.88 bits per heavy atom. The number of hydrogen-bond donors (Lipinski definition) is 3. The molecule has 17 heavy (non-hydrogen) atoms. The van der Waals surface area contributed by atoms with E-state index in [-0.39, 0.29) is 12.3 Å². The van der Waals surface area contributed by atoms with Crippen molar-refractivity contribution in [3.63, 3.8) is 0 Å². The van der Waals surface area contributed by atoms with Gasteiger partial charge in [0.15, 0.2) is 5.76 Å². The van der Waals surface area contributed by atoms with Gasteiger partial charge < -0.3 is 20.6 Å². The first-order chi connectivity index (χ1) is 8.04. The Labute approximate surface area is 103 Å². The molecule has 6 nitrogen and oxygen atoms in total. The van der Waals surface area contributed by atoms with Crippen LogP contribution in [0.1, 0.15) is 16.3 Å². The molecule has 94 valence electrons. The molecule has 0 saturated heterocycles. The molecule has 1 rings (SSSR count). The third-order valence-corrected chi connectivity index (χ3v) is 2.53. The number of carbonyl (C=O) groups excluding carboxylic acids is 2. The zero-order valence-electron chi connectivity index (χ0n) is 9.30. The van der Waals surface area contributed by atoms with Gasteiger partial charge in [0.25, 0.3) is 5.91 Å².